The molecule has 0 aromatic heterocycles. The summed E-state index contributed by atoms with van der Waals surface area (Å²) in [4.78, 5) is 11.5. The number of carbonyl (C=O) groups excluding carboxylic acids is 1. The summed E-state index contributed by atoms with van der Waals surface area (Å²) in [5.74, 6) is -0.328. The first-order chi connectivity index (χ1) is 13.3. The highest BCUT2D eigenvalue weighted by molar-refractivity contribution is 7.89. The van der Waals surface area contributed by atoms with E-state index in [2.05, 4.69) is 4.72 Å². The molecule has 6 nitrogen and oxygen atoms in total. The lowest BCUT2D eigenvalue weighted by Crippen LogP contribution is -2.25. The molecule has 0 saturated heterocycles. The van der Waals surface area contributed by atoms with E-state index >= 15 is 0 Å². The van der Waals surface area contributed by atoms with Crippen molar-refractivity contribution < 1.29 is 23.1 Å². The molecule has 1 atom stereocenters. The van der Waals surface area contributed by atoms with Crippen molar-refractivity contribution in [2.75, 3.05) is 13.2 Å². The molecular formula is C20H24ClNO5S. The average molecular weight is 426 g/mol. The predicted octanol–water partition coefficient (Wildman–Crippen LogP) is 3.24. The number of aliphatic hydroxyl groups is 1. The summed E-state index contributed by atoms with van der Waals surface area (Å²) in [6, 6.07) is 13.2. The number of rotatable bonds is 10. The van der Waals surface area contributed by atoms with Crippen molar-refractivity contribution in [3.8, 4) is 0 Å². The fourth-order valence-corrected chi connectivity index (χ4v) is 3.75. The van der Waals surface area contributed by atoms with E-state index in [0.29, 0.717) is 30.0 Å². The Morgan fingerprint density at radius 1 is 1.14 bits per heavy atom. The van der Waals surface area contributed by atoms with Crippen molar-refractivity contribution in [2.24, 2.45) is 0 Å². The van der Waals surface area contributed by atoms with Gasteiger partial charge < -0.3 is 9.84 Å². The maximum Gasteiger partial charge on any atom is 0.305 e. The minimum absolute atomic E-state index is 0.156. The van der Waals surface area contributed by atoms with Crippen molar-refractivity contribution in [3.05, 3.63) is 64.7 Å². The smallest absolute Gasteiger partial charge is 0.305 e. The molecule has 0 aliphatic carbocycles. The summed E-state index contributed by atoms with van der Waals surface area (Å²) in [5, 5.41) is 10.6. The van der Waals surface area contributed by atoms with Crippen LogP contribution in [-0.4, -0.2) is 32.6 Å². The van der Waals surface area contributed by atoms with Crippen LogP contribution in [0.3, 0.4) is 0 Å². The zero-order chi connectivity index (χ0) is 20.6. The van der Waals surface area contributed by atoms with Gasteiger partial charge in [-0.1, -0.05) is 35.9 Å². The lowest BCUT2D eigenvalue weighted by Gasteiger charge is -2.12. The van der Waals surface area contributed by atoms with Crippen LogP contribution >= 0.6 is 11.6 Å². The van der Waals surface area contributed by atoms with E-state index in [0.717, 1.165) is 5.56 Å². The van der Waals surface area contributed by atoms with E-state index < -0.39 is 16.1 Å². The molecule has 0 heterocycles. The second-order valence-corrected chi connectivity index (χ2v) is 8.41. The van der Waals surface area contributed by atoms with Crippen LogP contribution in [0.2, 0.25) is 5.02 Å². The van der Waals surface area contributed by atoms with E-state index in [-0.39, 0.29) is 23.8 Å². The quantitative estimate of drug-likeness (QED) is 0.570. The Balaban J connectivity index is 1.83. The number of carbonyl (C=O) groups is 1. The van der Waals surface area contributed by atoms with Gasteiger partial charge in [-0.25, -0.2) is 13.1 Å². The molecular weight excluding hydrogens is 402 g/mol. The number of sulfonamides is 1. The van der Waals surface area contributed by atoms with Crippen LogP contribution < -0.4 is 4.72 Å². The molecule has 2 aromatic rings. The summed E-state index contributed by atoms with van der Waals surface area (Å²) in [7, 11) is -3.58. The molecule has 0 bridgehead atoms. The molecule has 0 fully saturated rings. The molecule has 0 amide bonds. The van der Waals surface area contributed by atoms with E-state index in [1.807, 2.05) is 12.1 Å². The lowest BCUT2D eigenvalue weighted by molar-refractivity contribution is -0.143. The summed E-state index contributed by atoms with van der Waals surface area (Å²) < 4.78 is 31.8. The highest BCUT2D eigenvalue weighted by Crippen LogP contribution is 2.19. The number of hydrogen-bond acceptors (Lipinski definition) is 5. The van der Waals surface area contributed by atoms with Crippen LogP contribution in [0.15, 0.2) is 53.4 Å². The lowest BCUT2D eigenvalue weighted by atomic mass is 10.0. The third-order valence-corrected chi connectivity index (χ3v) is 5.85. The van der Waals surface area contributed by atoms with Gasteiger partial charge in [-0.3, -0.25) is 4.79 Å². The van der Waals surface area contributed by atoms with Gasteiger partial charge in [0, 0.05) is 18.0 Å². The first-order valence-electron chi connectivity index (χ1n) is 8.99. The van der Waals surface area contributed by atoms with E-state index in [9.17, 15) is 18.3 Å². The van der Waals surface area contributed by atoms with Gasteiger partial charge in [-0.2, -0.15) is 0 Å². The van der Waals surface area contributed by atoms with Crippen LogP contribution in [0, 0.1) is 0 Å². The van der Waals surface area contributed by atoms with Gasteiger partial charge in [0.1, 0.15) is 0 Å². The van der Waals surface area contributed by atoms with Crippen LogP contribution in [0.5, 0.6) is 0 Å². The number of nitrogens with one attached hydrogen (secondary N) is 1. The third-order valence-electron chi connectivity index (χ3n) is 4.12. The Morgan fingerprint density at radius 2 is 1.79 bits per heavy atom. The van der Waals surface area contributed by atoms with Crippen molar-refractivity contribution >= 4 is 27.6 Å². The minimum Gasteiger partial charge on any atom is -0.466 e. The fourth-order valence-electron chi connectivity index (χ4n) is 2.59. The molecule has 0 aliphatic rings. The number of ether oxygens (including phenoxy) is 1. The summed E-state index contributed by atoms with van der Waals surface area (Å²) >= 11 is 5.77. The SMILES string of the molecule is CCOC(=O)CCC(O)c1ccc(CCNS(=O)(=O)c2ccc(Cl)cc2)cc1. The second kappa shape index (κ2) is 10.6. The molecule has 0 saturated carbocycles. The summed E-state index contributed by atoms with van der Waals surface area (Å²) in [5.41, 5.74) is 1.63. The molecule has 152 valence electrons. The normalized spacial score (nSPS) is 12.5. The Kier molecular flexibility index (Phi) is 8.44. The average Bonchev–Trinajstić information content (AvgIpc) is 2.67. The summed E-state index contributed by atoms with van der Waals surface area (Å²) in [6.07, 6.45) is 0.204. The standard InChI is InChI=1S/C20H24ClNO5S/c1-2-27-20(24)12-11-19(23)16-5-3-15(4-6-16)13-14-22-28(25,26)18-9-7-17(21)8-10-18/h3-10,19,22-23H,2,11-14H2,1H3. The molecule has 2 N–H and O–H groups in total. The van der Waals surface area contributed by atoms with Crippen LogP contribution in [-0.2, 0) is 26.0 Å². The van der Waals surface area contributed by atoms with Crippen molar-refractivity contribution in [3.63, 3.8) is 0 Å². The summed E-state index contributed by atoms with van der Waals surface area (Å²) in [6.45, 7) is 2.31. The van der Waals surface area contributed by atoms with Gasteiger partial charge in [0.05, 0.1) is 17.6 Å². The number of benzene rings is 2. The molecule has 8 heteroatoms. The van der Waals surface area contributed by atoms with E-state index in [4.69, 9.17) is 16.3 Å². The molecule has 2 aromatic carbocycles. The molecule has 0 radical (unpaired) electrons. The zero-order valence-electron chi connectivity index (χ0n) is 15.6. The third kappa shape index (κ3) is 6.91. The largest absolute Gasteiger partial charge is 0.466 e. The molecule has 1 unspecified atom stereocenters. The number of halogens is 1. The highest BCUT2D eigenvalue weighted by Gasteiger charge is 2.14. The van der Waals surface area contributed by atoms with Gasteiger partial charge in [0.2, 0.25) is 10.0 Å². The van der Waals surface area contributed by atoms with Gasteiger partial charge in [0.25, 0.3) is 0 Å². The van der Waals surface area contributed by atoms with Crippen molar-refractivity contribution in [1.82, 2.24) is 4.72 Å². The van der Waals surface area contributed by atoms with Crippen LogP contribution in [0.25, 0.3) is 0 Å². The Bertz CT molecular complexity index is 866. The molecule has 2 rings (SSSR count). The van der Waals surface area contributed by atoms with Gasteiger partial charge >= 0.3 is 5.97 Å². The van der Waals surface area contributed by atoms with Crippen molar-refractivity contribution in [1.29, 1.82) is 0 Å². The minimum atomic E-state index is -3.58. The fraction of sp³-hybridized carbons (Fsp3) is 0.350. The van der Waals surface area contributed by atoms with E-state index in [1.165, 1.54) is 24.3 Å². The number of esters is 1. The second-order valence-electron chi connectivity index (χ2n) is 6.20. The van der Waals surface area contributed by atoms with Gasteiger partial charge in [-0.05, 0) is 55.2 Å². The van der Waals surface area contributed by atoms with Gasteiger partial charge in [-0.15, -0.1) is 0 Å². The van der Waals surface area contributed by atoms with E-state index in [1.54, 1.807) is 19.1 Å². The Morgan fingerprint density at radius 3 is 2.39 bits per heavy atom. The first kappa shape index (κ1) is 22.4. The Labute approximate surface area is 170 Å². The molecule has 28 heavy (non-hydrogen) atoms. The molecule has 0 aliphatic heterocycles. The van der Waals surface area contributed by atoms with Crippen LogP contribution in [0.1, 0.15) is 37.0 Å². The molecule has 0 spiro atoms. The van der Waals surface area contributed by atoms with Crippen molar-refractivity contribution in [2.45, 2.75) is 37.2 Å². The van der Waals surface area contributed by atoms with Gasteiger partial charge in [0.15, 0.2) is 0 Å². The van der Waals surface area contributed by atoms with Crippen LogP contribution in [0.4, 0.5) is 0 Å². The topological polar surface area (TPSA) is 92.7 Å². The first-order valence-corrected chi connectivity index (χ1v) is 10.9. The monoisotopic (exact) mass is 425 g/mol. The number of hydrogen-bond donors (Lipinski definition) is 2. The number of aliphatic hydroxyl groups excluding tert-OH is 1. The highest BCUT2D eigenvalue weighted by atomic mass is 35.5. The maximum atomic E-state index is 12.2. The predicted molar refractivity (Wildman–Crippen MR) is 108 cm³/mol. The Hall–Kier alpha value is -1.93. The maximum absolute atomic E-state index is 12.2. The zero-order valence-corrected chi connectivity index (χ0v) is 17.2.